The highest BCUT2D eigenvalue weighted by molar-refractivity contribution is 6.47. The van der Waals surface area contributed by atoms with Gasteiger partial charge in [0.25, 0.3) is 0 Å². The summed E-state index contributed by atoms with van der Waals surface area (Å²) in [7, 11) is 4.64. The number of hydrogen-bond acceptors (Lipinski definition) is 7. The minimum absolute atomic E-state index is 0.298. The minimum atomic E-state index is -0.835. The normalized spacial score (nSPS) is 16.0. The van der Waals surface area contributed by atoms with Gasteiger partial charge in [-0.25, -0.2) is 0 Å². The summed E-state index contributed by atoms with van der Waals surface area (Å²) in [6.45, 7) is 4.00. The molecule has 168 valence electrons. The minimum Gasteiger partial charge on any atom is -0.507 e. The predicted octanol–water partition coefficient (Wildman–Crippen LogP) is 3.71. The van der Waals surface area contributed by atoms with Gasteiger partial charge in [-0.3, -0.25) is 9.59 Å². The number of aliphatic hydroxyl groups excluding tert-OH is 1. The van der Waals surface area contributed by atoms with Crippen molar-refractivity contribution in [3.05, 3.63) is 65.2 Å². The first kappa shape index (κ1) is 22.9. The number of fused-ring (bicyclic) bond motifs is 1. The summed E-state index contributed by atoms with van der Waals surface area (Å²) in [5.74, 6) is -0.157. The van der Waals surface area contributed by atoms with E-state index < -0.39 is 11.6 Å². The zero-order valence-electron chi connectivity index (χ0n) is 18.8. The van der Waals surface area contributed by atoms with Crippen molar-refractivity contribution in [2.24, 2.45) is 0 Å². The number of carbonyl (C=O) groups is 2. The summed E-state index contributed by atoms with van der Waals surface area (Å²) in [6.07, 6.45) is 2.87. The van der Waals surface area contributed by atoms with Crippen LogP contribution in [-0.4, -0.2) is 43.5 Å². The van der Waals surface area contributed by atoms with Crippen LogP contribution in [0.1, 0.15) is 30.5 Å². The predicted molar refractivity (Wildman–Crippen MR) is 122 cm³/mol. The fourth-order valence-electron chi connectivity index (χ4n) is 3.63. The van der Waals surface area contributed by atoms with Crippen molar-refractivity contribution in [3.63, 3.8) is 0 Å². The van der Waals surface area contributed by atoms with Crippen LogP contribution in [-0.2, 0) is 16.0 Å². The van der Waals surface area contributed by atoms with E-state index in [9.17, 15) is 14.7 Å². The van der Waals surface area contributed by atoms with E-state index in [4.69, 9.17) is 14.2 Å². The van der Waals surface area contributed by atoms with Gasteiger partial charge in [0.2, 0.25) is 11.6 Å². The van der Waals surface area contributed by atoms with Crippen molar-refractivity contribution in [1.82, 2.24) is 5.32 Å². The molecule has 0 saturated heterocycles. The molecule has 3 rings (SSSR count). The van der Waals surface area contributed by atoms with Crippen LogP contribution in [0.2, 0.25) is 0 Å². The molecule has 1 heterocycles. The monoisotopic (exact) mass is 437 g/mol. The van der Waals surface area contributed by atoms with Gasteiger partial charge in [-0.05, 0) is 62.2 Å². The molecule has 0 radical (unpaired) electrons. The van der Waals surface area contributed by atoms with Crippen LogP contribution in [0.25, 0.3) is 11.5 Å². The molecule has 1 aliphatic rings. The third-order valence-corrected chi connectivity index (χ3v) is 5.18. The third kappa shape index (κ3) is 4.94. The van der Waals surface area contributed by atoms with Crippen molar-refractivity contribution >= 4 is 23.0 Å². The van der Waals surface area contributed by atoms with Gasteiger partial charge in [0, 0.05) is 34.5 Å². The number of aliphatic hydroxyl groups is 1. The van der Waals surface area contributed by atoms with Gasteiger partial charge >= 0.3 is 0 Å². The molecule has 2 N–H and O–H groups in total. The molecule has 2 aromatic carbocycles. The fraction of sp³-hybridized carbons (Fsp3) is 0.280. The molecule has 0 unspecified atom stereocenters. The third-order valence-electron chi connectivity index (χ3n) is 5.18. The Morgan fingerprint density at radius 3 is 2.19 bits per heavy atom. The molecule has 0 fully saturated rings. The lowest BCUT2D eigenvalue weighted by atomic mass is 9.85. The molecule has 2 aromatic rings. The average molecular weight is 437 g/mol. The lowest BCUT2D eigenvalue weighted by Gasteiger charge is -2.36. The first-order valence-corrected chi connectivity index (χ1v) is 10.1. The van der Waals surface area contributed by atoms with E-state index in [1.54, 1.807) is 37.4 Å². The molecule has 7 nitrogen and oxygen atoms in total. The highest BCUT2D eigenvalue weighted by atomic mass is 16.5. The molecule has 0 saturated carbocycles. The zero-order valence-corrected chi connectivity index (χ0v) is 18.8. The fourth-order valence-corrected chi connectivity index (χ4v) is 3.63. The zero-order chi connectivity index (χ0) is 23.5. The molecule has 32 heavy (non-hydrogen) atoms. The number of rotatable bonds is 7. The van der Waals surface area contributed by atoms with Crippen LogP contribution < -0.4 is 19.5 Å². The van der Waals surface area contributed by atoms with Gasteiger partial charge in [0.1, 0.15) is 11.5 Å². The van der Waals surface area contributed by atoms with Gasteiger partial charge in [-0.15, -0.1) is 0 Å². The van der Waals surface area contributed by atoms with Crippen molar-refractivity contribution < 1.29 is 28.9 Å². The molecular formula is C25H27NO6. The van der Waals surface area contributed by atoms with E-state index in [1.807, 2.05) is 19.9 Å². The summed E-state index contributed by atoms with van der Waals surface area (Å²) >= 11 is 0. The Bertz CT molecular complexity index is 1100. The second-order valence-electron chi connectivity index (χ2n) is 8.09. The van der Waals surface area contributed by atoms with Crippen LogP contribution in [0.15, 0.2) is 48.6 Å². The maximum atomic E-state index is 12.7. The maximum Gasteiger partial charge on any atom is 0.229 e. The van der Waals surface area contributed by atoms with E-state index >= 15 is 0 Å². The smallest absolute Gasteiger partial charge is 0.229 e. The number of allylic oxidation sites excluding steroid dienone is 2. The molecule has 1 aliphatic heterocycles. The molecule has 0 aliphatic carbocycles. The Morgan fingerprint density at radius 1 is 0.969 bits per heavy atom. The standard InChI is InChI=1S/C25H27NO6/c1-25(2)14-16-10-23(31-4)24(32-5)11-18(16)19(26-25)12-21(28)22(29)13-20(27)15-6-8-17(30-3)9-7-15/h6-13,26-27H,14H2,1-5H3/b19-12-,20-13-. The van der Waals surface area contributed by atoms with Crippen molar-refractivity contribution in [2.45, 2.75) is 25.8 Å². The lowest BCUT2D eigenvalue weighted by Crippen LogP contribution is -2.44. The number of hydrogen-bond donors (Lipinski definition) is 2. The number of nitrogens with one attached hydrogen (secondary N) is 1. The number of ketones is 2. The molecule has 0 spiro atoms. The largest absolute Gasteiger partial charge is 0.507 e. The quantitative estimate of drug-likeness (QED) is 0.387. The van der Waals surface area contributed by atoms with Gasteiger partial charge in [-0.1, -0.05) is 0 Å². The Labute approximate surface area is 187 Å². The van der Waals surface area contributed by atoms with E-state index in [0.717, 1.165) is 17.2 Å². The second kappa shape index (κ2) is 9.18. The van der Waals surface area contributed by atoms with E-state index in [-0.39, 0.29) is 11.3 Å². The number of benzene rings is 2. The first-order valence-electron chi connectivity index (χ1n) is 10.1. The molecule has 0 amide bonds. The van der Waals surface area contributed by atoms with Gasteiger partial charge in [0.15, 0.2) is 11.5 Å². The summed E-state index contributed by atoms with van der Waals surface area (Å²) in [4.78, 5) is 25.2. The van der Waals surface area contributed by atoms with Crippen LogP contribution in [0, 0.1) is 0 Å². The van der Waals surface area contributed by atoms with E-state index in [2.05, 4.69) is 5.32 Å². The lowest BCUT2D eigenvalue weighted by molar-refractivity contribution is -0.130. The number of ether oxygens (including phenoxy) is 3. The average Bonchev–Trinajstić information content (AvgIpc) is 2.77. The summed E-state index contributed by atoms with van der Waals surface area (Å²) in [5, 5.41) is 13.6. The Kier molecular flexibility index (Phi) is 6.58. The highest BCUT2D eigenvalue weighted by Crippen LogP contribution is 2.38. The van der Waals surface area contributed by atoms with Gasteiger partial charge in [-0.2, -0.15) is 0 Å². The highest BCUT2D eigenvalue weighted by Gasteiger charge is 2.30. The van der Waals surface area contributed by atoms with Crippen molar-refractivity contribution in [2.75, 3.05) is 21.3 Å². The van der Waals surface area contributed by atoms with Crippen molar-refractivity contribution in [3.8, 4) is 17.2 Å². The Balaban J connectivity index is 1.92. The van der Waals surface area contributed by atoms with Gasteiger partial charge in [0.05, 0.1) is 21.3 Å². The van der Waals surface area contributed by atoms with Crippen molar-refractivity contribution in [1.29, 1.82) is 0 Å². The van der Waals surface area contributed by atoms with E-state index in [0.29, 0.717) is 34.9 Å². The Hall–Kier alpha value is -3.74. The number of carbonyl (C=O) groups excluding carboxylic acids is 2. The summed E-state index contributed by atoms with van der Waals surface area (Å²) in [5.41, 5.74) is 2.29. The van der Waals surface area contributed by atoms with E-state index in [1.165, 1.54) is 20.3 Å². The SMILES string of the molecule is COc1ccc(/C(O)=C/C(=O)C(=O)/C=C2\NC(C)(C)Cc3cc(OC)c(OC)cc32)cc1. The topological polar surface area (TPSA) is 94.1 Å². The van der Waals surface area contributed by atoms with Crippen LogP contribution in [0.4, 0.5) is 0 Å². The molecule has 0 bridgehead atoms. The molecule has 0 atom stereocenters. The van der Waals surface area contributed by atoms with Gasteiger partial charge < -0.3 is 24.6 Å². The van der Waals surface area contributed by atoms with Crippen LogP contribution >= 0.6 is 0 Å². The first-order chi connectivity index (χ1) is 15.2. The summed E-state index contributed by atoms with van der Waals surface area (Å²) < 4.78 is 15.9. The maximum absolute atomic E-state index is 12.7. The number of methoxy groups -OCH3 is 3. The van der Waals surface area contributed by atoms with Crippen LogP contribution in [0.3, 0.4) is 0 Å². The molecular weight excluding hydrogens is 410 g/mol. The Morgan fingerprint density at radius 2 is 1.59 bits per heavy atom. The molecule has 7 heteroatoms. The van der Waals surface area contributed by atoms with Crippen LogP contribution in [0.5, 0.6) is 17.2 Å². The second-order valence-corrected chi connectivity index (χ2v) is 8.09. The molecule has 0 aromatic heterocycles. The summed E-state index contributed by atoms with van der Waals surface area (Å²) in [6, 6.07) is 10.2.